The minimum atomic E-state index is -0.298. The van der Waals surface area contributed by atoms with Gasteiger partial charge in [0.1, 0.15) is 11.3 Å². The molecule has 158 valence electrons. The van der Waals surface area contributed by atoms with Crippen molar-refractivity contribution < 1.29 is 5.11 Å². The zero-order valence-corrected chi connectivity index (χ0v) is 17.3. The summed E-state index contributed by atoms with van der Waals surface area (Å²) in [5.74, 6) is 3.28. The lowest BCUT2D eigenvalue weighted by atomic mass is 9.49. The van der Waals surface area contributed by atoms with Crippen LogP contribution in [0.3, 0.4) is 0 Å². The molecule has 4 aliphatic carbocycles. The van der Waals surface area contributed by atoms with Crippen molar-refractivity contribution in [1.29, 1.82) is 0 Å². The molecule has 0 unspecified atom stereocenters. The summed E-state index contributed by atoms with van der Waals surface area (Å²) < 4.78 is 2.95. The number of rotatable bonds is 7. The zero-order valence-electron chi connectivity index (χ0n) is 17.3. The highest BCUT2D eigenvalue weighted by Crippen LogP contribution is 2.60. The first-order valence-electron chi connectivity index (χ1n) is 11.4. The smallest absolute Gasteiger partial charge is 0.332 e. The van der Waals surface area contributed by atoms with Crippen LogP contribution >= 0.6 is 0 Å². The number of aryl methyl sites for hydroxylation is 1. The number of nitrogens with zero attached hydrogens (tertiary/aromatic N) is 3. The minimum Gasteiger partial charge on any atom is -0.396 e. The number of fused-ring (bicyclic) bond motifs is 1. The number of imidazole rings is 1. The monoisotopic (exact) mass is 400 g/mol. The first-order chi connectivity index (χ1) is 14.0. The second-order valence-electron chi connectivity index (χ2n) is 9.80. The SMILES string of the molecule is CCCCn1c(=O)c2[nH]c(C34CC5CC(CC(C5)C3)C4)nc2n(CCCO)c1=O. The molecular weight excluding hydrogens is 368 g/mol. The standard InChI is InChI=1S/C22H32N4O3/c1-2-3-5-26-19(28)17-18(25(21(26)29)6-4-7-27)24-20(23-17)22-11-14-8-15(12-22)10-16(9-14)13-22/h14-16,27H,2-13H2,1H3,(H,23,24). The van der Waals surface area contributed by atoms with Crippen LogP contribution < -0.4 is 11.2 Å². The molecule has 2 aromatic heterocycles. The molecule has 0 saturated heterocycles. The predicted molar refractivity (Wildman–Crippen MR) is 111 cm³/mol. The van der Waals surface area contributed by atoms with Gasteiger partial charge >= 0.3 is 5.69 Å². The summed E-state index contributed by atoms with van der Waals surface area (Å²) in [4.78, 5) is 34.5. The third kappa shape index (κ3) is 3.00. The Hall–Kier alpha value is -1.89. The fourth-order valence-corrected chi connectivity index (χ4v) is 6.76. The molecule has 2 heterocycles. The highest BCUT2D eigenvalue weighted by Gasteiger charge is 2.53. The summed E-state index contributed by atoms with van der Waals surface area (Å²) in [5.41, 5.74) is 0.443. The van der Waals surface area contributed by atoms with Crippen molar-refractivity contribution in [2.45, 2.75) is 83.2 Å². The summed E-state index contributed by atoms with van der Waals surface area (Å²) in [5, 5.41) is 9.30. The Kier molecular flexibility index (Phi) is 4.68. The number of H-pyrrole nitrogens is 1. The largest absolute Gasteiger partial charge is 0.396 e. The van der Waals surface area contributed by atoms with E-state index in [0.29, 0.717) is 30.7 Å². The van der Waals surface area contributed by atoms with E-state index < -0.39 is 0 Å². The molecule has 2 N–H and O–H groups in total. The number of hydrogen-bond donors (Lipinski definition) is 2. The van der Waals surface area contributed by atoms with Crippen LogP contribution in [0.5, 0.6) is 0 Å². The van der Waals surface area contributed by atoms with Crippen LogP contribution in [0.15, 0.2) is 9.59 Å². The summed E-state index contributed by atoms with van der Waals surface area (Å²) in [6.07, 6.45) is 9.70. The number of unbranched alkanes of at least 4 members (excludes halogenated alkanes) is 1. The highest BCUT2D eigenvalue weighted by atomic mass is 16.3. The first-order valence-corrected chi connectivity index (χ1v) is 11.4. The molecule has 0 atom stereocenters. The van der Waals surface area contributed by atoms with Gasteiger partial charge in [-0.3, -0.25) is 13.9 Å². The Morgan fingerprint density at radius 1 is 1.03 bits per heavy atom. The molecule has 0 amide bonds. The third-order valence-corrected chi connectivity index (χ3v) is 7.68. The molecule has 7 heteroatoms. The molecule has 4 bridgehead atoms. The quantitative estimate of drug-likeness (QED) is 0.747. The Labute approximate surface area is 170 Å². The number of aromatic nitrogens is 4. The number of aliphatic hydroxyl groups excluding tert-OH is 1. The number of nitrogens with one attached hydrogen (secondary N) is 1. The van der Waals surface area contributed by atoms with E-state index in [1.807, 2.05) is 0 Å². The van der Waals surface area contributed by atoms with Crippen LogP contribution in [-0.4, -0.2) is 30.8 Å². The molecular formula is C22H32N4O3. The second-order valence-corrected chi connectivity index (χ2v) is 9.80. The maximum Gasteiger partial charge on any atom is 0.332 e. The topological polar surface area (TPSA) is 92.9 Å². The number of aliphatic hydroxyl groups is 1. The van der Waals surface area contributed by atoms with Gasteiger partial charge in [-0.25, -0.2) is 9.78 Å². The lowest BCUT2D eigenvalue weighted by molar-refractivity contribution is -0.00889. The molecule has 2 aromatic rings. The molecule has 4 saturated carbocycles. The van der Waals surface area contributed by atoms with E-state index in [4.69, 9.17) is 4.98 Å². The maximum atomic E-state index is 13.2. The normalized spacial score (nSPS) is 30.5. The van der Waals surface area contributed by atoms with Crippen molar-refractivity contribution in [3.05, 3.63) is 26.7 Å². The van der Waals surface area contributed by atoms with Crippen LogP contribution in [-0.2, 0) is 18.5 Å². The predicted octanol–water partition coefficient (Wildman–Crippen LogP) is 2.54. The summed E-state index contributed by atoms with van der Waals surface area (Å²) in [6.45, 7) is 2.86. The van der Waals surface area contributed by atoms with Crippen LogP contribution in [0.25, 0.3) is 11.2 Å². The van der Waals surface area contributed by atoms with Crippen LogP contribution in [0.2, 0.25) is 0 Å². The van der Waals surface area contributed by atoms with Crippen molar-refractivity contribution in [3.8, 4) is 0 Å². The van der Waals surface area contributed by atoms with Crippen molar-refractivity contribution in [2.75, 3.05) is 6.61 Å². The van der Waals surface area contributed by atoms with Crippen LogP contribution in [0, 0.1) is 17.8 Å². The van der Waals surface area contributed by atoms with Gasteiger partial charge in [-0.15, -0.1) is 0 Å². The maximum absolute atomic E-state index is 13.2. The Balaban J connectivity index is 1.65. The Morgan fingerprint density at radius 2 is 1.66 bits per heavy atom. The van der Waals surface area contributed by atoms with Gasteiger partial charge in [-0.2, -0.15) is 0 Å². The van der Waals surface area contributed by atoms with E-state index in [-0.39, 0.29) is 23.3 Å². The third-order valence-electron chi connectivity index (χ3n) is 7.68. The van der Waals surface area contributed by atoms with Crippen molar-refractivity contribution >= 4 is 11.2 Å². The van der Waals surface area contributed by atoms with E-state index in [2.05, 4.69) is 11.9 Å². The summed E-state index contributed by atoms with van der Waals surface area (Å²) >= 11 is 0. The molecule has 6 rings (SSSR count). The second kappa shape index (κ2) is 7.11. The van der Waals surface area contributed by atoms with E-state index in [1.165, 1.54) is 23.8 Å². The average Bonchev–Trinajstić information content (AvgIpc) is 3.13. The van der Waals surface area contributed by atoms with Crippen molar-refractivity contribution in [1.82, 2.24) is 19.1 Å². The molecule has 0 spiro atoms. The van der Waals surface area contributed by atoms with Crippen LogP contribution in [0.1, 0.15) is 70.5 Å². The fourth-order valence-electron chi connectivity index (χ4n) is 6.76. The van der Waals surface area contributed by atoms with Crippen LogP contribution in [0.4, 0.5) is 0 Å². The minimum absolute atomic E-state index is 0.00821. The average molecular weight is 401 g/mol. The van der Waals surface area contributed by atoms with E-state index in [9.17, 15) is 14.7 Å². The summed E-state index contributed by atoms with van der Waals surface area (Å²) in [7, 11) is 0. The number of aromatic amines is 1. The first kappa shape index (κ1) is 19.1. The van der Waals surface area contributed by atoms with E-state index >= 15 is 0 Å². The molecule has 29 heavy (non-hydrogen) atoms. The van der Waals surface area contributed by atoms with Gasteiger partial charge in [-0.05, 0) is 69.1 Å². The van der Waals surface area contributed by atoms with Crippen molar-refractivity contribution in [3.63, 3.8) is 0 Å². The van der Waals surface area contributed by atoms with Gasteiger partial charge in [0.15, 0.2) is 5.65 Å². The zero-order chi connectivity index (χ0) is 20.2. The molecule has 7 nitrogen and oxygen atoms in total. The molecule has 4 fully saturated rings. The van der Waals surface area contributed by atoms with Crippen molar-refractivity contribution in [2.24, 2.45) is 17.8 Å². The highest BCUT2D eigenvalue weighted by molar-refractivity contribution is 5.70. The van der Waals surface area contributed by atoms with Gasteiger partial charge in [0.05, 0.1) is 0 Å². The molecule has 4 aliphatic rings. The molecule has 0 radical (unpaired) electrons. The lowest BCUT2D eigenvalue weighted by Crippen LogP contribution is -2.49. The Morgan fingerprint density at radius 3 is 2.24 bits per heavy atom. The van der Waals surface area contributed by atoms with Gasteiger partial charge in [-0.1, -0.05) is 13.3 Å². The lowest BCUT2D eigenvalue weighted by Gasteiger charge is -2.55. The fraction of sp³-hybridized carbons (Fsp3) is 0.773. The van der Waals surface area contributed by atoms with Gasteiger partial charge in [0.2, 0.25) is 0 Å². The van der Waals surface area contributed by atoms with Gasteiger partial charge in [0.25, 0.3) is 5.56 Å². The molecule has 0 aromatic carbocycles. The molecule has 0 aliphatic heterocycles. The van der Waals surface area contributed by atoms with Gasteiger partial charge in [0, 0.05) is 25.1 Å². The number of hydrogen-bond acceptors (Lipinski definition) is 4. The van der Waals surface area contributed by atoms with Gasteiger partial charge < -0.3 is 10.1 Å². The van der Waals surface area contributed by atoms with E-state index in [1.54, 1.807) is 4.57 Å². The van der Waals surface area contributed by atoms with E-state index in [0.717, 1.165) is 55.7 Å². The Bertz CT molecular complexity index is 996. The summed E-state index contributed by atoms with van der Waals surface area (Å²) in [6, 6.07) is 0.